The SMILES string of the molecule is Cc1cccc(C(C)C)c1NC(=O)Cn1nnc2ccccc21. The van der Waals surface area contributed by atoms with Crippen molar-refractivity contribution in [3.8, 4) is 0 Å². The predicted molar refractivity (Wildman–Crippen MR) is 91.4 cm³/mol. The summed E-state index contributed by atoms with van der Waals surface area (Å²) in [5.74, 6) is 0.245. The minimum absolute atomic E-state index is 0.100. The maximum absolute atomic E-state index is 12.5. The molecule has 0 unspecified atom stereocenters. The van der Waals surface area contributed by atoms with E-state index in [1.54, 1.807) is 4.68 Å². The smallest absolute Gasteiger partial charge is 0.246 e. The Balaban J connectivity index is 1.83. The summed E-state index contributed by atoms with van der Waals surface area (Å²) in [4.78, 5) is 12.5. The molecule has 5 nitrogen and oxygen atoms in total. The Bertz CT molecular complexity index is 851. The number of carbonyl (C=O) groups excluding carboxylic acids is 1. The summed E-state index contributed by atoms with van der Waals surface area (Å²) in [6.07, 6.45) is 0. The second-order valence-corrected chi connectivity index (χ2v) is 5.98. The largest absolute Gasteiger partial charge is 0.324 e. The van der Waals surface area contributed by atoms with E-state index in [1.807, 2.05) is 43.3 Å². The van der Waals surface area contributed by atoms with E-state index in [9.17, 15) is 4.79 Å². The van der Waals surface area contributed by atoms with Crippen LogP contribution < -0.4 is 5.32 Å². The van der Waals surface area contributed by atoms with E-state index in [4.69, 9.17) is 0 Å². The number of rotatable bonds is 4. The minimum atomic E-state index is -0.100. The molecule has 1 N–H and O–H groups in total. The maximum atomic E-state index is 12.5. The number of carbonyl (C=O) groups is 1. The number of hydrogen-bond donors (Lipinski definition) is 1. The highest BCUT2D eigenvalue weighted by molar-refractivity contribution is 5.93. The Hall–Kier alpha value is -2.69. The summed E-state index contributed by atoms with van der Waals surface area (Å²) in [6.45, 7) is 6.39. The Morgan fingerprint density at radius 3 is 2.74 bits per heavy atom. The van der Waals surface area contributed by atoms with Crippen molar-refractivity contribution in [2.45, 2.75) is 33.2 Å². The molecule has 1 amide bonds. The quantitative estimate of drug-likeness (QED) is 0.802. The molecule has 0 radical (unpaired) electrons. The number of fused-ring (bicyclic) bond motifs is 1. The topological polar surface area (TPSA) is 59.8 Å². The number of benzene rings is 2. The van der Waals surface area contributed by atoms with E-state index in [2.05, 4.69) is 35.5 Å². The fraction of sp³-hybridized carbons (Fsp3) is 0.278. The average Bonchev–Trinajstić information content (AvgIpc) is 2.92. The van der Waals surface area contributed by atoms with Crippen molar-refractivity contribution >= 4 is 22.6 Å². The van der Waals surface area contributed by atoms with Gasteiger partial charge in [0.05, 0.1) is 5.52 Å². The van der Waals surface area contributed by atoms with Gasteiger partial charge in [-0.05, 0) is 36.1 Å². The summed E-state index contributed by atoms with van der Waals surface area (Å²) in [7, 11) is 0. The van der Waals surface area contributed by atoms with Crippen LogP contribution >= 0.6 is 0 Å². The Morgan fingerprint density at radius 1 is 1.17 bits per heavy atom. The molecule has 0 aliphatic rings. The van der Waals surface area contributed by atoms with Gasteiger partial charge in [0.1, 0.15) is 12.1 Å². The van der Waals surface area contributed by atoms with Crippen molar-refractivity contribution in [1.29, 1.82) is 0 Å². The van der Waals surface area contributed by atoms with E-state index < -0.39 is 0 Å². The number of aromatic nitrogens is 3. The zero-order valence-corrected chi connectivity index (χ0v) is 13.6. The van der Waals surface area contributed by atoms with Crippen molar-refractivity contribution in [1.82, 2.24) is 15.0 Å². The number of para-hydroxylation sites is 2. The van der Waals surface area contributed by atoms with Gasteiger partial charge in [0.2, 0.25) is 5.91 Å². The van der Waals surface area contributed by atoms with Crippen LogP contribution in [0.25, 0.3) is 11.0 Å². The molecule has 0 saturated heterocycles. The normalized spacial score (nSPS) is 11.1. The van der Waals surface area contributed by atoms with Gasteiger partial charge in [-0.25, -0.2) is 4.68 Å². The highest BCUT2D eigenvalue weighted by Gasteiger charge is 2.13. The lowest BCUT2D eigenvalue weighted by molar-refractivity contribution is -0.116. The molecule has 0 bridgehead atoms. The third-order valence-corrected chi connectivity index (χ3v) is 3.91. The van der Waals surface area contributed by atoms with Crippen LogP contribution in [-0.2, 0) is 11.3 Å². The Labute approximate surface area is 135 Å². The number of nitrogens with one attached hydrogen (secondary N) is 1. The first-order valence-electron chi connectivity index (χ1n) is 7.74. The molecule has 0 aliphatic carbocycles. The van der Waals surface area contributed by atoms with E-state index in [0.717, 1.165) is 27.8 Å². The lowest BCUT2D eigenvalue weighted by atomic mass is 9.98. The summed E-state index contributed by atoms with van der Waals surface area (Å²) in [5.41, 5.74) is 4.75. The van der Waals surface area contributed by atoms with E-state index in [-0.39, 0.29) is 12.5 Å². The summed E-state index contributed by atoms with van der Waals surface area (Å²) < 4.78 is 1.62. The number of anilines is 1. The van der Waals surface area contributed by atoms with Gasteiger partial charge < -0.3 is 5.32 Å². The summed E-state index contributed by atoms with van der Waals surface area (Å²) in [6, 6.07) is 13.7. The van der Waals surface area contributed by atoms with Gasteiger partial charge in [-0.1, -0.05) is 49.4 Å². The van der Waals surface area contributed by atoms with Crippen LogP contribution in [0.5, 0.6) is 0 Å². The first-order valence-corrected chi connectivity index (χ1v) is 7.74. The molecule has 118 valence electrons. The lowest BCUT2D eigenvalue weighted by Gasteiger charge is -2.16. The van der Waals surface area contributed by atoms with Crippen LogP contribution in [0.3, 0.4) is 0 Å². The second-order valence-electron chi connectivity index (χ2n) is 5.98. The molecule has 1 heterocycles. The molecule has 0 aliphatic heterocycles. The zero-order valence-electron chi connectivity index (χ0n) is 13.6. The van der Waals surface area contributed by atoms with E-state index >= 15 is 0 Å². The lowest BCUT2D eigenvalue weighted by Crippen LogP contribution is -2.21. The standard InChI is InChI=1S/C18H20N4O/c1-12(2)14-8-6-7-13(3)18(14)19-17(23)11-22-16-10-5-4-9-15(16)20-21-22/h4-10,12H,11H2,1-3H3,(H,19,23). The number of nitrogens with zero attached hydrogens (tertiary/aromatic N) is 3. The second kappa shape index (κ2) is 6.20. The van der Waals surface area contributed by atoms with Crippen molar-refractivity contribution in [3.05, 3.63) is 53.6 Å². The average molecular weight is 308 g/mol. The number of aryl methyl sites for hydroxylation is 1. The van der Waals surface area contributed by atoms with Gasteiger partial charge >= 0.3 is 0 Å². The number of hydrogen-bond acceptors (Lipinski definition) is 3. The highest BCUT2D eigenvalue weighted by atomic mass is 16.2. The van der Waals surface area contributed by atoms with Gasteiger partial charge in [0.25, 0.3) is 0 Å². The Morgan fingerprint density at radius 2 is 1.96 bits per heavy atom. The Kier molecular flexibility index (Phi) is 4.10. The molecular formula is C18H20N4O. The molecule has 0 fully saturated rings. The molecule has 3 aromatic rings. The van der Waals surface area contributed by atoms with Crippen LogP contribution in [0.15, 0.2) is 42.5 Å². The summed E-state index contributed by atoms with van der Waals surface area (Å²) >= 11 is 0. The molecule has 5 heteroatoms. The van der Waals surface area contributed by atoms with Crippen molar-refractivity contribution in [3.63, 3.8) is 0 Å². The van der Waals surface area contributed by atoms with Crippen molar-refractivity contribution in [2.24, 2.45) is 0 Å². The molecular weight excluding hydrogens is 288 g/mol. The van der Waals surface area contributed by atoms with Crippen LogP contribution in [0.2, 0.25) is 0 Å². The molecule has 2 aromatic carbocycles. The first kappa shape index (κ1) is 15.2. The molecule has 1 aromatic heterocycles. The molecule has 0 spiro atoms. The maximum Gasteiger partial charge on any atom is 0.246 e. The monoisotopic (exact) mass is 308 g/mol. The van der Waals surface area contributed by atoms with Gasteiger partial charge in [-0.3, -0.25) is 4.79 Å². The van der Waals surface area contributed by atoms with Crippen LogP contribution in [0.1, 0.15) is 30.9 Å². The van der Waals surface area contributed by atoms with E-state index in [1.165, 1.54) is 0 Å². The fourth-order valence-corrected chi connectivity index (χ4v) is 2.69. The minimum Gasteiger partial charge on any atom is -0.324 e. The van der Waals surface area contributed by atoms with Crippen molar-refractivity contribution < 1.29 is 4.79 Å². The van der Waals surface area contributed by atoms with Crippen molar-refractivity contribution in [2.75, 3.05) is 5.32 Å². The van der Waals surface area contributed by atoms with Gasteiger partial charge in [-0.2, -0.15) is 0 Å². The predicted octanol–water partition coefficient (Wildman–Crippen LogP) is 3.50. The number of amides is 1. The van der Waals surface area contributed by atoms with Crippen LogP contribution in [-0.4, -0.2) is 20.9 Å². The first-order chi connectivity index (χ1) is 11.1. The molecule has 23 heavy (non-hydrogen) atoms. The highest BCUT2D eigenvalue weighted by Crippen LogP contribution is 2.27. The fourth-order valence-electron chi connectivity index (χ4n) is 2.69. The summed E-state index contributed by atoms with van der Waals surface area (Å²) in [5, 5.41) is 11.2. The van der Waals surface area contributed by atoms with Crippen LogP contribution in [0.4, 0.5) is 5.69 Å². The third kappa shape index (κ3) is 3.08. The third-order valence-electron chi connectivity index (χ3n) is 3.91. The van der Waals surface area contributed by atoms with Crippen LogP contribution in [0, 0.1) is 6.92 Å². The molecule has 0 atom stereocenters. The van der Waals surface area contributed by atoms with Gasteiger partial charge in [-0.15, -0.1) is 5.10 Å². The van der Waals surface area contributed by atoms with Gasteiger partial charge in [0, 0.05) is 5.69 Å². The van der Waals surface area contributed by atoms with E-state index in [0.29, 0.717) is 5.92 Å². The molecule has 3 rings (SSSR count). The zero-order chi connectivity index (χ0) is 16.4. The van der Waals surface area contributed by atoms with Gasteiger partial charge in [0.15, 0.2) is 0 Å². The molecule has 0 saturated carbocycles.